The molecule has 0 amide bonds. The smallest absolute Gasteiger partial charge is 0.239 e. The van der Waals surface area contributed by atoms with E-state index in [0.717, 1.165) is 24.0 Å². The number of aromatic amines is 1. The third-order valence-corrected chi connectivity index (χ3v) is 4.30. The molecule has 2 aromatic heterocycles. The van der Waals surface area contributed by atoms with Crippen molar-refractivity contribution in [3.63, 3.8) is 0 Å². The Balaban J connectivity index is 1.59. The van der Waals surface area contributed by atoms with E-state index in [1.165, 1.54) is 5.56 Å². The van der Waals surface area contributed by atoms with Crippen LogP contribution in [0.25, 0.3) is 11.0 Å². The fourth-order valence-electron chi connectivity index (χ4n) is 3.09. The van der Waals surface area contributed by atoms with Gasteiger partial charge in [0, 0.05) is 24.3 Å². The van der Waals surface area contributed by atoms with Gasteiger partial charge < -0.3 is 10.1 Å². The van der Waals surface area contributed by atoms with Crippen LogP contribution in [0, 0.1) is 0 Å². The van der Waals surface area contributed by atoms with Crippen LogP contribution in [0.5, 0.6) is 0 Å². The Morgan fingerprint density at radius 2 is 2.09 bits per heavy atom. The van der Waals surface area contributed by atoms with Gasteiger partial charge in [-0.1, -0.05) is 30.3 Å². The molecule has 1 aliphatic rings. The van der Waals surface area contributed by atoms with Gasteiger partial charge in [0.1, 0.15) is 5.65 Å². The van der Waals surface area contributed by atoms with E-state index in [4.69, 9.17) is 0 Å². The molecule has 2 atom stereocenters. The lowest BCUT2D eigenvalue weighted by Gasteiger charge is -2.38. The highest BCUT2D eigenvalue weighted by molar-refractivity contribution is 5.75. The number of hydrogen-bond donors (Lipinski definition) is 3. The van der Waals surface area contributed by atoms with Crippen LogP contribution >= 0.6 is 0 Å². The molecule has 6 heteroatoms. The number of aromatic nitrogens is 3. The summed E-state index contributed by atoms with van der Waals surface area (Å²) in [6.45, 7) is 0.743. The fraction of sp³-hybridized carbons (Fsp3) is 0.294. The lowest BCUT2D eigenvalue weighted by atomic mass is 9.95. The minimum Gasteiger partial charge on any atom is -0.393 e. The Labute approximate surface area is 134 Å². The van der Waals surface area contributed by atoms with Gasteiger partial charge in [-0.3, -0.25) is 5.43 Å². The molecule has 0 radical (unpaired) electrons. The summed E-state index contributed by atoms with van der Waals surface area (Å²) < 4.78 is 0. The van der Waals surface area contributed by atoms with Gasteiger partial charge in [-0.2, -0.15) is 4.98 Å². The van der Waals surface area contributed by atoms with E-state index in [0.29, 0.717) is 12.4 Å². The first kappa shape index (κ1) is 14.2. The Hall–Kier alpha value is -2.44. The molecule has 118 valence electrons. The topological polar surface area (TPSA) is 77.1 Å². The number of aliphatic hydroxyl groups excluding tert-OH is 1. The number of fused-ring (bicyclic) bond motifs is 1. The van der Waals surface area contributed by atoms with Crippen molar-refractivity contribution in [3.8, 4) is 0 Å². The van der Waals surface area contributed by atoms with E-state index >= 15 is 0 Å². The van der Waals surface area contributed by atoms with Crippen molar-refractivity contribution in [2.24, 2.45) is 0 Å². The third kappa shape index (κ3) is 2.91. The maximum atomic E-state index is 10.0. The number of hydrazine groups is 1. The van der Waals surface area contributed by atoms with Crippen LogP contribution in [-0.4, -0.2) is 37.7 Å². The van der Waals surface area contributed by atoms with E-state index in [1.54, 1.807) is 6.20 Å². The summed E-state index contributed by atoms with van der Waals surface area (Å²) in [5, 5.41) is 13.2. The molecule has 0 bridgehead atoms. The van der Waals surface area contributed by atoms with E-state index < -0.39 is 0 Å². The molecule has 1 fully saturated rings. The number of hydrogen-bond acceptors (Lipinski definition) is 5. The van der Waals surface area contributed by atoms with Gasteiger partial charge >= 0.3 is 0 Å². The Morgan fingerprint density at radius 3 is 2.96 bits per heavy atom. The normalized spacial score (nSPS) is 22.3. The van der Waals surface area contributed by atoms with Crippen molar-refractivity contribution in [1.29, 1.82) is 0 Å². The highest BCUT2D eigenvalue weighted by Crippen LogP contribution is 2.30. The summed E-state index contributed by atoms with van der Waals surface area (Å²) in [5.74, 6) is 0.567. The molecule has 3 N–H and O–H groups in total. The molecule has 2 unspecified atom stereocenters. The zero-order valence-corrected chi connectivity index (χ0v) is 12.7. The number of aliphatic hydroxyl groups is 1. The quantitative estimate of drug-likeness (QED) is 0.693. The van der Waals surface area contributed by atoms with E-state index in [-0.39, 0.29) is 12.1 Å². The van der Waals surface area contributed by atoms with Crippen LogP contribution < -0.4 is 5.43 Å². The van der Waals surface area contributed by atoms with E-state index in [9.17, 15) is 5.11 Å². The largest absolute Gasteiger partial charge is 0.393 e. The number of H-pyrrole nitrogens is 1. The molecule has 1 aromatic carbocycles. The first-order chi connectivity index (χ1) is 11.3. The summed E-state index contributed by atoms with van der Waals surface area (Å²) in [6.07, 6.45) is 4.82. The first-order valence-corrected chi connectivity index (χ1v) is 7.86. The minimum atomic E-state index is -0.273. The van der Waals surface area contributed by atoms with Crippen molar-refractivity contribution in [3.05, 3.63) is 54.4 Å². The van der Waals surface area contributed by atoms with Crippen LogP contribution in [-0.2, 0) is 0 Å². The van der Waals surface area contributed by atoms with Crippen molar-refractivity contribution >= 4 is 17.0 Å². The molecular formula is C17H19N5O. The molecule has 6 nitrogen and oxygen atoms in total. The minimum absolute atomic E-state index is 0.0999. The van der Waals surface area contributed by atoms with Gasteiger partial charge in [-0.15, -0.1) is 0 Å². The first-order valence-electron chi connectivity index (χ1n) is 7.86. The molecule has 1 saturated heterocycles. The molecule has 0 saturated carbocycles. The standard InChI is InChI=1S/C17H19N5O/c23-14-7-9-22(15(10-14)12-4-2-1-3-5-12)21-17-19-11-13-6-8-18-16(13)20-17/h1-6,8,11,14-15,23H,7,9-10H2,(H2,18,19,20,21). The number of nitrogens with one attached hydrogen (secondary N) is 2. The summed E-state index contributed by atoms with van der Waals surface area (Å²) in [5.41, 5.74) is 5.31. The Bertz CT molecular complexity index is 788. The predicted octanol–water partition coefficient (Wildman–Crippen LogP) is 2.48. The summed E-state index contributed by atoms with van der Waals surface area (Å²) in [7, 11) is 0. The molecule has 0 aliphatic carbocycles. The number of benzene rings is 1. The van der Waals surface area contributed by atoms with Crippen molar-refractivity contribution < 1.29 is 5.11 Å². The highest BCUT2D eigenvalue weighted by atomic mass is 16.3. The second-order valence-electron chi connectivity index (χ2n) is 5.89. The molecule has 3 aromatic rings. The van der Waals surface area contributed by atoms with Crippen LogP contribution in [0.1, 0.15) is 24.4 Å². The Morgan fingerprint density at radius 1 is 1.22 bits per heavy atom. The highest BCUT2D eigenvalue weighted by Gasteiger charge is 2.29. The van der Waals surface area contributed by atoms with Gasteiger partial charge in [-0.05, 0) is 24.5 Å². The van der Waals surface area contributed by atoms with Crippen LogP contribution in [0.4, 0.5) is 5.95 Å². The molecular weight excluding hydrogens is 290 g/mol. The van der Waals surface area contributed by atoms with Gasteiger partial charge in [0.2, 0.25) is 5.95 Å². The maximum Gasteiger partial charge on any atom is 0.239 e. The predicted molar refractivity (Wildman–Crippen MR) is 88.6 cm³/mol. The van der Waals surface area contributed by atoms with Gasteiger partial charge in [0.15, 0.2) is 0 Å². The zero-order valence-electron chi connectivity index (χ0n) is 12.7. The molecule has 1 aliphatic heterocycles. The van der Waals surface area contributed by atoms with Crippen LogP contribution in [0.15, 0.2) is 48.8 Å². The third-order valence-electron chi connectivity index (χ3n) is 4.30. The summed E-state index contributed by atoms with van der Waals surface area (Å²) >= 11 is 0. The average Bonchev–Trinajstić information content (AvgIpc) is 3.05. The zero-order chi connectivity index (χ0) is 15.6. The van der Waals surface area contributed by atoms with Crippen molar-refractivity contribution in [1.82, 2.24) is 20.0 Å². The number of anilines is 1. The lowest BCUT2D eigenvalue weighted by molar-refractivity contribution is 0.0540. The van der Waals surface area contributed by atoms with E-state index in [1.807, 2.05) is 30.5 Å². The summed E-state index contributed by atoms with van der Waals surface area (Å²) in [4.78, 5) is 12.0. The number of rotatable bonds is 3. The van der Waals surface area contributed by atoms with Gasteiger partial charge in [-0.25, -0.2) is 9.99 Å². The summed E-state index contributed by atoms with van der Waals surface area (Å²) in [6, 6.07) is 12.3. The van der Waals surface area contributed by atoms with Crippen LogP contribution in [0.3, 0.4) is 0 Å². The molecule has 4 rings (SSSR count). The molecule has 3 heterocycles. The second kappa shape index (κ2) is 5.98. The van der Waals surface area contributed by atoms with Crippen molar-refractivity contribution in [2.45, 2.75) is 25.0 Å². The van der Waals surface area contributed by atoms with Crippen LogP contribution in [0.2, 0.25) is 0 Å². The SMILES string of the molecule is OC1CCN(Nc2ncc3cc[nH]c3n2)C(c2ccccc2)C1. The maximum absolute atomic E-state index is 10.0. The Kier molecular flexibility index (Phi) is 3.69. The monoisotopic (exact) mass is 309 g/mol. The average molecular weight is 309 g/mol. The van der Waals surface area contributed by atoms with Gasteiger partial charge in [0.05, 0.1) is 12.1 Å². The molecule has 0 spiro atoms. The van der Waals surface area contributed by atoms with E-state index in [2.05, 4.69) is 37.5 Å². The fourth-order valence-corrected chi connectivity index (χ4v) is 3.09. The number of nitrogens with zero attached hydrogens (tertiary/aromatic N) is 3. The number of piperidine rings is 1. The lowest BCUT2D eigenvalue weighted by Crippen LogP contribution is -2.42. The second-order valence-corrected chi connectivity index (χ2v) is 5.89. The van der Waals surface area contributed by atoms with Gasteiger partial charge in [0.25, 0.3) is 0 Å². The van der Waals surface area contributed by atoms with Crippen molar-refractivity contribution in [2.75, 3.05) is 12.0 Å². The molecule has 23 heavy (non-hydrogen) atoms.